The number of methoxy groups -OCH3 is 1. The molecule has 0 aliphatic heterocycles. The third kappa shape index (κ3) is 4.85. The minimum absolute atomic E-state index is 0.0748. The van der Waals surface area contributed by atoms with Crippen LogP contribution < -0.4 is 9.47 Å². The molecule has 0 spiro atoms. The summed E-state index contributed by atoms with van der Waals surface area (Å²) in [7, 11) is 1.45. The molecular formula is C25H17ClFN3O4. The number of fused-ring (bicyclic) bond motifs is 1. The Balaban J connectivity index is 1.62. The quantitative estimate of drug-likeness (QED) is 0.330. The standard InChI is InChI=1S/C25H17ClFN3O4/c1-33-22-10-15(8-17(12-28)24-29-20-6-5-18(27)11-21(20)30-24)9-19(26)23(22)34-13-14-3-2-4-16(7-14)25(31)32/h2-11H,13H2,1H3,(H,29,30)(H,31,32)/b17-8-. The molecule has 0 amide bonds. The highest BCUT2D eigenvalue weighted by Gasteiger charge is 2.14. The number of imidazole rings is 1. The minimum atomic E-state index is -1.03. The Kier molecular flexibility index (Phi) is 6.48. The topological polar surface area (TPSA) is 108 Å². The fraction of sp³-hybridized carbons (Fsp3) is 0.0800. The Morgan fingerprint density at radius 2 is 2.09 bits per heavy atom. The second-order valence-corrected chi connectivity index (χ2v) is 7.65. The normalized spacial score (nSPS) is 11.3. The van der Waals surface area contributed by atoms with Crippen LogP contribution in [0.2, 0.25) is 5.02 Å². The number of aromatic amines is 1. The summed E-state index contributed by atoms with van der Waals surface area (Å²) in [6, 6.07) is 15.8. The third-order valence-corrected chi connectivity index (χ3v) is 5.22. The second kappa shape index (κ2) is 9.65. The van der Waals surface area contributed by atoms with Crippen molar-refractivity contribution in [1.29, 1.82) is 5.26 Å². The number of nitriles is 1. The highest BCUT2D eigenvalue weighted by atomic mass is 35.5. The Hall–Kier alpha value is -4.35. The van der Waals surface area contributed by atoms with Gasteiger partial charge in [0.25, 0.3) is 0 Å². The molecule has 4 rings (SSSR count). The predicted octanol–water partition coefficient (Wildman–Crippen LogP) is 5.71. The van der Waals surface area contributed by atoms with Gasteiger partial charge in [0.1, 0.15) is 24.3 Å². The van der Waals surface area contributed by atoms with E-state index in [-0.39, 0.29) is 34.3 Å². The largest absolute Gasteiger partial charge is 0.493 e. The van der Waals surface area contributed by atoms with Gasteiger partial charge in [-0.3, -0.25) is 0 Å². The van der Waals surface area contributed by atoms with Crippen LogP contribution >= 0.6 is 11.6 Å². The highest BCUT2D eigenvalue weighted by molar-refractivity contribution is 6.32. The minimum Gasteiger partial charge on any atom is -0.493 e. The van der Waals surface area contributed by atoms with Crippen LogP contribution in [0.15, 0.2) is 54.6 Å². The van der Waals surface area contributed by atoms with E-state index < -0.39 is 11.8 Å². The van der Waals surface area contributed by atoms with E-state index in [1.807, 2.05) is 0 Å². The first-order chi connectivity index (χ1) is 16.4. The van der Waals surface area contributed by atoms with Gasteiger partial charge in [0.2, 0.25) is 0 Å². The van der Waals surface area contributed by atoms with Crippen LogP contribution in [0.4, 0.5) is 4.39 Å². The van der Waals surface area contributed by atoms with Gasteiger partial charge in [0.15, 0.2) is 11.5 Å². The van der Waals surface area contributed by atoms with E-state index >= 15 is 0 Å². The number of carboxylic acid groups (broad SMARTS) is 1. The van der Waals surface area contributed by atoms with Gasteiger partial charge in [-0.25, -0.2) is 14.2 Å². The number of nitrogens with one attached hydrogen (secondary N) is 1. The lowest BCUT2D eigenvalue weighted by Gasteiger charge is -2.14. The summed E-state index contributed by atoms with van der Waals surface area (Å²) in [5, 5.41) is 19.0. The number of ether oxygens (including phenoxy) is 2. The number of carbonyl (C=O) groups is 1. The van der Waals surface area contributed by atoms with E-state index in [1.54, 1.807) is 30.3 Å². The van der Waals surface area contributed by atoms with E-state index in [1.165, 1.54) is 37.4 Å². The molecule has 7 nitrogen and oxygen atoms in total. The summed E-state index contributed by atoms with van der Waals surface area (Å²) in [4.78, 5) is 18.4. The molecule has 170 valence electrons. The molecule has 9 heteroatoms. The number of halogens is 2. The first kappa shape index (κ1) is 22.8. The zero-order chi connectivity index (χ0) is 24.2. The van der Waals surface area contributed by atoms with Crippen LogP contribution in [-0.2, 0) is 6.61 Å². The van der Waals surface area contributed by atoms with Crippen molar-refractivity contribution in [2.75, 3.05) is 7.11 Å². The SMILES string of the molecule is COc1cc(/C=C(/C#N)c2nc3ccc(F)cc3[nH]2)cc(Cl)c1OCc1cccc(C(=O)O)c1. The average molecular weight is 478 g/mol. The summed E-state index contributed by atoms with van der Waals surface area (Å²) in [6.45, 7) is 0.0748. The lowest BCUT2D eigenvalue weighted by atomic mass is 10.1. The van der Waals surface area contributed by atoms with E-state index in [9.17, 15) is 14.4 Å². The van der Waals surface area contributed by atoms with Crippen molar-refractivity contribution < 1.29 is 23.8 Å². The zero-order valence-electron chi connectivity index (χ0n) is 17.8. The molecule has 0 atom stereocenters. The molecule has 1 aromatic heterocycles. The summed E-state index contributed by atoms with van der Waals surface area (Å²) < 4.78 is 24.7. The number of hydrogen-bond donors (Lipinski definition) is 2. The van der Waals surface area contributed by atoms with Crippen molar-refractivity contribution >= 4 is 40.3 Å². The Bertz CT molecular complexity index is 1470. The molecule has 0 saturated carbocycles. The van der Waals surface area contributed by atoms with Gasteiger partial charge in [-0.1, -0.05) is 23.7 Å². The van der Waals surface area contributed by atoms with Gasteiger partial charge in [-0.2, -0.15) is 5.26 Å². The fourth-order valence-corrected chi connectivity index (χ4v) is 3.62. The van der Waals surface area contributed by atoms with E-state index in [0.29, 0.717) is 27.9 Å². The van der Waals surface area contributed by atoms with Gasteiger partial charge >= 0.3 is 5.97 Å². The van der Waals surface area contributed by atoms with Crippen molar-refractivity contribution in [3.63, 3.8) is 0 Å². The molecule has 0 fully saturated rings. The van der Waals surface area contributed by atoms with Crippen molar-refractivity contribution in [3.05, 3.63) is 88.0 Å². The van der Waals surface area contributed by atoms with Crippen LogP contribution in [0.5, 0.6) is 11.5 Å². The summed E-state index contributed by atoms with van der Waals surface area (Å²) in [5.74, 6) is -0.544. The van der Waals surface area contributed by atoms with Gasteiger partial charge in [0, 0.05) is 0 Å². The summed E-state index contributed by atoms with van der Waals surface area (Å²) in [6.07, 6.45) is 1.57. The van der Waals surface area contributed by atoms with Crippen molar-refractivity contribution in [2.45, 2.75) is 6.61 Å². The fourth-order valence-electron chi connectivity index (χ4n) is 3.34. The number of rotatable bonds is 7. The van der Waals surface area contributed by atoms with Crippen LogP contribution in [0.3, 0.4) is 0 Å². The van der Waals surface area contributed by atoms with Gasteiger partial charge < -0.3 is 19.6 Å². The number of H-pyrrole nitrogens is 1. The van der Waals surface area contributed by atoms with Crippen LogP contribution in [0.25, 0.3) is 22.7 Å². The van der Waals surface area contributed by atoms with Crippen LogP contribution in [0, 0.1) is 17.1 Å². The van der Waals surface area contributed by atoms with E-state index in [2.05, 4.69) is 16.0 Å². The number of aromatic carboxylic acids is 1. The molecule has 0 bridgehead atoms. The summed E-state index contributed by atoms with van der Waals surface area (Å²) >= 11 is 6.44. The van der Waals surface area contributed by atoms with Crippen molar-refractivity contribution in [3.8, 4) is 17.6 Å². The molecule has 34 heavy (non-hydrogen) atoms. The lowest BCUT2D eigenvalue weighted by molar-refractivity contribution is 0.0696. The van der Waals surface area contributed by atoms with Crippen molar-refractivity contribution in [2.24, 2.45) is 0 Å². The molecule has 2 N–H and O–H groups in total. The number of carboxylic acids is 1. The van der Waals surface area contributed by atoms with Crippen LogP contribution in [0.1, 0.15) is 27.3 Å². The molecule has 0 saturated heterocycles. The van der Waals surface area contributed by atoms with E-state index in [4.69, 9.17) is 26.2 Å². The molecule has 1 heterocycles. The second-order valence-electron chi connectivity index (χ2n) is 7.25. The number of nitrogens with zero attached hydrogens (tertiary/aromatic N) is 2. The predicted molar refractivity (Wildman–Crippen MR) is 125 cm³/mol. The average Bonchev–Trinajstić information content (AvgIpc) is 3.24. The van der Waals surface area contributed by atoms with Crippen LogP contribution in [-0.4, -0.2) is 28.2 Å². The number of benzene rings is 3. The molecule has 3 aromatic carbocycles. The maximum absolute atomic E-state index is 13.5. The molecule has 0 radical (unpaired) electrons. The Morgan fingerprint density at radius 3 is 2.82 bits per heavy atom. The zero-order valence-corrected chi connectivity index (χ0v) is 18.6. The van der Waals surface area contributed by atoms with E-state index in [0.717, 1.165) is 0 Å². The third-order valence-electron chi connectivity index (χ3n) is 4.94. The number of hydrogen-bond acceptors (Lipinski definition) is 5. The van der Waals surface area contributed by atoms with Gasteiger partial charge in [-0.05, 0) is 59.7 Å². The number of allylic oxidation sites excluding steroid dienone is 1. The Morgan fingerprint density at radius 1 is 1.26 bits per heavy atom. The van der Waals surface area contributed by atoms with Gasteiger partial charge in [-0.15, -0.1) is 0 Å². The summed E-state index contributed by atoms with van der Waals surface area (Å²) in [5.41, 5.74) is 2.58. The first-order valence-electron chi connectivity index (χ1n) is 9.98. The lowest BCUT2D eigenvalue weighted by Crippen LogP contribution is -2.02. The van der Waals surface area contributed by atoms with Gasteiger partial charge in [0.05, 0.1) is 34.3 Å². The monoisotopic (exact) mass is 477 g/mol. The molecule has 0 unspecified atom stereocenters. The Labute approximate surface area is 198 Å². The molecule has 0 aliphatic carbocycles. The maximum Gasteiger partial charge on any atom is 0.335 e. The maximum atomic E-state index is 13.5. The van der Waals surface area contributed by atoms with Crippen molar-refractivity contribution in [1.82, 2.24) is 9.97 Å². The first-order valence-corrected chi connectivity index (χ1v) is 10.4. The smallest absolute Gasteiger partial charge is 0.335 e. The molecule has 4 aromatic rings. The number of aromatic nitrogens is 2. The molecular weight excluding hydrogens is 461 g/mol. The highest BCUT2D eigenvalue weighted by Crippen LogP contribution is 2.38. The molecule has 0 aliphatic rings.